The molecule has 0 fully saturated rings. The number of hydrogen-bond acceptors (Lipinski definition) is 8. The van der Waals surface area contributed by atoms with Crippen LogP contribution in [-0.2, 0) is 6.42 Å². The molecule has 0 bridgehead atoms. The number of ether oxygens (including phenoxy) is 3. The van der Waals surface area contributed by atoms with Crippen molar-refractivity contribution in [2.24, 2.45) is 0 Å². The van der Waals surface area contributed by atoms with E-state index >= 15 is 0 Å². The van der Waals surface area contributed by atoms with Gasteiger partial charge in [-0.1, -0.05) is 12.2 Å². The average Bonchev–Trinajstić information content (AvgIpc) is 2.75. The van der Waals surface area contributed by atoms with Crippen LogP contribution in [0.25, 0.3) is 22.3 Å². The summed E-state index contributed by atoms with van der Waals surface area (Å²) in [5.41, 5.74) is 0.866. The van der Waals surface area contributed by atoms with Crippen molar-refractivity contribution in [2.75, 3.05) is 21.3 Å². The average molecular weight is 428 g/mol. The molecule has 3 N–H and O–H groups in total. The number of hydrogen-bond donors (Lipinski definition) is 3. The molecule has 0 spiro atoms. The molecule has 0 amide bonds. The highest BCUT2D eigenvalue weighted by atomic mass is 16.5. The van der Waals surface area contributed by atoms with Crippen molar-refractivity contribution in [1.29, 1.82) is 0 Å². The normalized spacial score (nSPS) is 11.9. The molecule has 1 aromatic heterocycles. The molecule has 0 aliphatic carbocycles. The first-order valence-corrected chi connectivity index (χ1v) is 9.37. The molecule has 1 atom stereocenters. The first-order valence-electron chi connectivity index (χ1n) is 9.37. The summed E-state index contributed by atoms with van der Waals surface area (Å²) < 4.78 is 21.5. The van der Waals surface area contributed by atoms with Gasteiger partial charge in [-0.15, -0.1) is 0 Å². The van der Waals surface area contributed by atoms with Gasteiger partial charge in [0.15, 0.2) is 17.3 Å². The number of methoxy groups -OCH3 is 3. The van der Waals surface area contributed by atoms with Crippen molar-refractivity contribution in [1.82, 2.24) is 0 Å². The summed E-state index contributed by atoms with van der Waals surface area (Å²) >= 11 is 0. The third kappa shape index (κ3) is 3.89. The maximum absolute atomic E-state index is 13.0. The minimum atomic E-state index is -0.796. The Balaban J connectivity index is 2.25. The summed E-state index contributed by atoms with van der Waals surface area (Å²) in [5, 5.41) is 31.0. The Hall–Kier alpha value is -3.65. The van der Waals surface area contributed by atoms with E-state index in [4.69, 9.17) is 18.6 Å². The van der Waals surface area contributed by atoms with Crippen molar-refractivity contribution in [3.05, 3.63) is 52.2 Å². The maximum Gasteiger partial charge on any atom is 0.238 e. The van der Waals surface area contributed by atoms with Gasteiger partial charge >= 0.3 is 0 Å². The zero-order valence-electron chi connectivity index (χ0n) is 17.7. The molecule has 1 heterocycles. The lowest BCUT2D eigenvalue weighted by atomic mass is 9.99. The van der Waals surface area contributed by atoms with Gasteiger partial charge in [-0.2, -0.15) is 0 Å². The molecule has 0 saturated heterocycles. The van der Waals surface area contributed by atoms with Crippen LogP contribution in [0.4, 0.5) is 0 Å². The number of aliphatic hydroxyl groups is 1. The van der Waals surface area contributed by atoms with Gasteiger partial charge in [0.2, 0.25) is 16.9 Å². The topological polar surface area (TPSA) is 119 Å². The molecule has 8 heteroatoms. The van der Waals surface area contributed by atoms with E-state index < -0.39 is 17.3 Å². The molecule has 2 aromatic carbocycles. The minimum absolute atomic E-state index is 0.00675. The fourth-order valence-corrected chi connectivity index (χ4v) is 3.33. The molecule has 0 aliphatic heterocycles. The van der Waals surface area contributed by atoms with Crippen LogP contribution in [0.1, 0.15) is 12.5 Å². The quantitative estimate of drug-likeness (QED) is 0.490. The van der Waals surface area contributed by atoms with Gasteiger partial charge in [0.05, 0.1) is 27.4 Å². The number of aliphatic hydroxyl groups excluding tert-OH is 1. The van der Waals surface area contributed by atoms with Gasteiger partial charge in [-0.05, 0) is 30.7 Å². The molecule has 3 aromatic rings. The zero-order chi connectivity index (χ0) is 22.9. The SMILES string of the molecule is C=C(C)C(O)Cc1cc(-c2oc3cc(O)c(OC)c(OC)c3c(=O)c2O)ccc1OC. The van der Waals surface area contributed by atoms with E-state index in [1.165, 1.54) is 27.4 Å². The van der Waals surface area contributed by atoms with Crippen molar-refractivity contribution in [3.63, 3.8) is 0 Å². The number of phenols is 1. The van der Waals surface area contributed by atoms with E-state index in [9.17, 15) is 20.1 Å². The fourth-order valence-electron chi connectivity index (χ4n) is 3.33. The van der Waals surface area contributed by atoms with Crippen molar-refractivity contribution < 1.29 is 33.9 Å². The standard InChI is InChI=1S/C23H24O8/c1-11(2)14(24)9-13-8-12(6-7-16(13)28-3)21-20(27)19(26)18-17(31-21)10-15(25)22(29-4)23(18)30-5/h6-8,10,14,24-25,27H,1,9H2,2-5H3. The second-order valence-electron chi connectivity index (χ2n) is 7.04. The summed E-state index contributed by atoms with van der Waals surface area (Å²) in [6.45, 7) is 5.46. The third-order valence-corrected chi connectivity index (χ3v) is 4.98. The molecule has 31 heavy (non-hydrogen) atoms. The van der Waals surface area contributed by atoms with Crippen LogP contribution in [-0.4, -0.2) is 42.8 Å². The van der Waals surface area contributed by atoms with Gasteiger partial charge in [0, 0.05) is 18.1 Å². The number of rotatable bonds is 7. The molecule has 164 valence electrons. The summed E-state index contributed by atoms with van der Waals surface area (Å²) in [4.78, 5) is 13.0. The lowest BCUT2D eigenvalue weighted by Crippen LogP contribution is -2.12. The largest absolute Gasteiger partial charge is 0.504 e. The Bertz CT molecular complexity index is 1210. The predicted octanol–water partition coefficient (Wildman–Crippen LogP) is 3.38. The summed E-state index contributed by atoms with van der Waals surface area (Å²) in [6.07, 6.45) is -0.577. The van der Waals surface area contributed by atoms with Crippen molar-refractivity contribution in [3.8, 4) is 40.1 Å². The lowest BCUT2D eigenvalue weighted by Gasteiger charge is -2.16. The number of fused-ring (bicyclic) bond motifs is 1. The maximum atomic E-state index is 13.0. The van der Waals surface area contributed by atoms with Crippen LogP contribution in [0.15, 0.2) is 45.6 Å². The van der Waals surface area contributed by atoms with E-state index in [-0.39, 0.29) is 40.4 Å². The minimum Gasteiger partial charge on any atom is -0.504 e. The highest BCUT2D eigenvalue weighted by Gasteiger charge is 2.24. The van der Waals surface area contributed by atoms with Gasteiger partial charge in [0.25, 0.3) is 0 Å². The molecule has 0 radical (unpaired) electrons. The molecule has 8 nitrogen and oxygen atoms in total. The van der Waals surface area contributed by atoms with E-state index in [0.717, 1.165) is 0 Å². The fraction of sp³-hybridized carbons (Fsp3) is 0.261. The van der Waals surface area contributed by atoms with Crippen LogP contribution in [0, 0.1) is 0 Å². The second kappa shape index (κ2) is 8.61. The Labute approximate surface area is 178 Å². The molecule has 1 unspecified atom stereocenters. The van der Waals surface area contributed by atoms with Crippen LogP contribution in [0.3, 0.4) is 0 Å². The smallest absolute Gasteiger partial charge is 0.238 e. The third-order valence-electron chi connectivity index (χ3n) is 4.98. The number of benzene rings is 2. The Morgan fingerprint density at radius 2 is 1.77 bits per heavy atom. The lowest BCUT2D eigenvalue weighted by molar-refractivity contribution is 0.210. The van der Waals surface area contributed by atoms with Gasteiger partial charge in [-0.3, -0.25) is 4.79 Å². The van der Waals surface area contributed by atoms with Gasteiger partial charge < -0.3 is 33.9 Å². The van der Waals surface area contributed by atoms with Gasteiger partial charge in [-0.25, -0.2) is 0 Å². The highest BCUT2D eigenvalue weighted by molar-refractivity contribution is 5.91. The molecule has 0 saturated carbocycles. The predicted molar refractivity (Wildman–Crippen MR) is 115 cm³/mol. The molecular formula is C23H24O8. The monoisotopic (exact) mass is 428 g/mol. The van der Waals surface area contributed by atoms with Crippen LogP contribution >= 0.6 is 0 Å². The summed E-state index contributed by atoms with van der Waals surface area (Å²) in [5.74, 6) is -0.585. The zero-order valence-corrected chi connectivity index (χ0v) is 17.7. The molecule has 3 rings (SSSR count). The first kappa shape index (κ1) is 22.0. The van der Waals surface area contributed by atoms with Crippen LogP contribution in [0.5, 0.6) is 28.7 Å². The number of phenolic OH excluding ortho intramolecular Hbond substituents is 1. The van der Waals surface area contributed by atoms with E-state index in [2.05, 4.69) is 6.58 Å². The molecular weight excluding hydrogens is 404 g/mol. The Morgan fingerprint density at radius 1 is 1.10 bits per heavy atom. The van der Waals surface area contributed by atoms with Crippen LogP contribution < -0.4 is 19.6 Å². The summed E-state index contributed by atoms with van der Waals surface area (Å²) in [6, 6.07) is 6.12. The van der Waals surface area contributed by atoms with Crippen molar-refractivity contribution in [2.45, 2.75) is 19.4 Å². The van der Waals surface area contributed by atoms with Crippen molar-refractivity contribution >= 4 is 11.0 Å². The molecule has 0 aliphatic rings. The van der Waals surface area contributed by atoms with E-state index in [1.807, 2.05) is 0 Å². The van der Waals surface area contributed by atoms with Crippen LogP contribution in [0.2, 0.25) is 0 Å². The Kier molecular flexibility index (Phi) is 6.12. The first-order chi connectivity index (χ1) is 14.7. The van der Waals surface area contributed by atoms with E-state index in [1.54, 1.807) is 25.1 Å². The second-order valence-corrected chi connectivity index (χ2v) is 7.04. The van der Waals surface area contributed by atoms with E-state index in [0.29, 0.717) is 22.4 Å². The van der Waals surface area contributed by atoms with Gasteiger partial charge in [0.1, 0.15) is 16.7 Å². The Morgan fingerprint density at radius 3 is 2.35 bits per heavy atom. The highest BCUT2D eigenvalue weighted by Crippen LogP contribution is 2.44. The summed E-state index contributed by atoms with van der Waals surface area (Å²) in [7, 11) is 4.13. The number of aromatic hydroxyl groups is 2.